The van der Waals surface area contributed by atoms with Crippen LogP contribution in [0, 0.1) is 11.3 Å². The van der Waals surface area contributed by atoms with Gasteiger partial charge >= 0.3 is 0 Å². The maximum atomic E-state index is 13.7. The van der Waals surface area contributed by atoms with E-state index in [0.29, 0.717) is 64.8 Å². The van der Waals surface area contributed by atoms with Crippen molar-refractivity contribution in [3.63, 3.8) is 0 Å². The molecule has 3 aromatic carbocycles. The minimum atomic E-state index is -0.560. The van der Waals surface area contributed by atoms with E-state index in [1.165, 1.54) is 44.2 Å². The molecule has 11 nitrogen and oxygen atoms in total. The van der Waals surface area contributed by atoms with Gasteiger partial charge in [0.2, 0.25) is 11.8 Å². The molecule has 2 heterocycles. The first-order valence-electron chi connectivity index (χ1n) is 16.1. The van der Waals surface area contributed by atoms with Crippen LogP contribution >= 0.6 is 23.1 Å². The predicted octanol–water partition coefficient (Wildman–Crippen LogP) is 6.46. The van der Waals surface area contributed by atoms with E-state index in [2.05, 4.69) is 22.0 Å². The first-order valence-corrected chi connectivity index (χ1v) is 17.8. The number of amides is 4. The number of hydrogen-bond acceptors (Lipinski definition) is 9. The van der Waals surface area contributed by atoms with Crippen LogP contribution in [0.2, 0.25) is 0 Å². The van der Waals surface area contributed by atoms with Gasteiger partial charge in [0.05, 0.1) is 31.6 Å². The Morgan fingerprint density at radius 3 is 2.45 bits per heavy atom. The van der Waals surface area contributed by atoms with Crippen LogP contribution in [0.1, 0.15) is 52.2 Å². The largest absolute Gasteiger partial charge is 0.493 e. The SMILES string of the molecule is CCC(Sc1cccc(NC(=O)/C(=C\c2ccc(OC)c(OC)c2)NC(=O)c2ccccc2)c1)C(=O)Nc1sc2c(c1C#N)CCN(C(C)=O)C2. The third-order valence-corrected chi connectivity index (χ3v) is 10.6. The summed E-state index contributed by atoms with van der Waals surface area (Å²) in [5, 5.41) is 18.5. The highest BCUT2D eigenvalue weighted by molar-refractivity contribution is 8.00. The molecule has 4 aromatic rings. The first-order chi connectivity index (χ1) is 24.6. The number of thiophene rings is 1. The zero-order valence-electron chi connectivity index (χ0n) is 28.6. The lowest BCUT2D eigenvalue weighted by atomic mass is 10.0. The van der Waals surface area contributed by atoms with Crippen molar-refractivity contribution in [2.75, 3.05) is 31.4 Å². The summed E-state index contributed by atoms with van der Waals surface area (Å²) < 4.78 is 10.7. The Morgan fingerprint density at radius 2 is 1.76 bits per heavy atom. The smallest absolute Gasteiger partial charge is 0.272 e. The van der Waals surface area contributed by atoms with Gasteiger partial charge in [0, 0.05) is 34.5 Å². The van der Waals surface area contributed by atoms with Gasteiger partial charge < -0.3 is 30.3 Å². The van der Waals surface area contributed by atoms with Crippen molar-refractivity contribution in [1.29, 1.82) is 5.26 Å². The van der Waals surface area contributed by atoms with Crippen LogP contribution < -0.4 is 25.4 Å². The van der Waals surface area contributed by atoms with Gasteiger partial charge in [-0.3, -0.25) is 19.2 Å². The van der Waals surface area contributed by atoms with E-state index in [1.54, 1.807) is 77.7 Å². The summed E-state index contributed by atoms with van der Waals surface area (Å²) in [6.07, 6.45) is 2.61. The number of carbonyl (C=O) groups is 4. The predicted molar refractivity (Wildman–Crippen MR) is 199 cm³/mol. The van der Waals surface area contributed by atoms with Crippen molar-refractivity contribution in [3.05, 3.63) is 106 Å². The molecule has 262 valence electrons. The first kappa shape index (κ1) is 36.7. The molecule has 0 saturated heterocycles. The number of rotatable bonds is 12. The molecule has 4 amide bonds. The number of ether oxygens (including phenoxy) is 2. The average molecular weight is 724 g/mol. The van der Waals surface area contributed by atoms with Crippen LogP contribution in [-0.2, 0) is 27.3 Å². The molecule has 51 heavy (non-hydrogen) atoms. The summed E-state index contributed by atoms with van der Waals surface area (Å²) in [6.45, 7) is 4.38. The van der Waals surface area contributed by atoms with E-state index in [1.807, 2.05) is 13.0 Å². The topological polar surface area (TPSA) is 150 Å². The highest BCUT2D eigenvalue weighted by atomic mass is 32.2. The van der Waals surface area contributed by atoms with Gasteiger partial charge in [-0.1, -0.05) is 37.3 Å². The summed E-state index contributed by atoms with van der Waals surface area (Å²) in [5.74, 6) is -0.318. The van der Waals surface area contributed by atoms with Crippen LogP contribution in [0.15, 0.2) is 83.4 Å². The number of nitriles is 1. The van der Waals surface area contributed by atoms with Crippen LogP contribution in [0.4, 0.5) is 10.7 Å². The van der Waals surface area contributed by atoms with Gasteiger partial charge in [0.15, 0.2) is 11.5 Å². The third kappa shape index (κ3) is 8.97. The number of thioether (sulfide) groups is 1. The monoisotopic (exact) mass is 723 g/mol. The molecule has 3 N–H and O–H groups in total. The van der Waals surface area contributed by atoms with E-state index in [9.17, 15) is 24.4 Å². The van der Waals surface area contributed by atoms with Crippen molar-refractivity contribution in [2.24, 2.45) is 0 Å². The third-order valence-electron chi connectivity index (χ3n) is 8.13. The normalized spacial score (nSPS) is 12.9. The summed E-state index contributed by atoms with van der Waals surface area (Å²) in [6, 6.07) is 23.0. The molecule has 13 heteroatoms. The van der Waals surface area contributed by atoms with E-state index in [-0.39, 0.29) is 17.5 Å². The number of hydrogen-bond donors (Lipinski definition) is 3. The van der Waals surface area contributed by atoms with Crippen LogP contribution in [0.25, 0.3) is 6.08 Å². The quantitative estimate of drug-likeness (QED) is 0.111. The number of benzene rings is 3. The lowest BCUT2D eigenvalue weighted by molar-refractivity contribution is -0.129. The fourth-order valence-corrected chi connectivity index (χ4v) is 7.68. The van der Waals surface area contributed by atoms with Gasteiger partial charge in [0.1, 0.15) is 16.8 Å². The van der Waals surface area contributed by atoms with E-state index in [0.717, 1.165) is 15.3 Å². The minimum Gasteiger partial charge on any atom is -0.493 e. The Morgan fingerprint density at radius 1 is 1.00 bits per heavy atom. The van der Waals surface area contributed by atoms with Crippen molar-refractivity contribution in [1.82, 2.24) is 10.2 Å². The van der Waals surface area contributed by atoms with Crippen molar-refractivity contribution in [2.45, 2.75) is 43.4 Å². The minimum absolute atomic E-state index is 0.00157. The molecular formula is C38H37N5O6S2. The van der Waals surface area contributed by atoms with Crippen molar-refractivity contribution >= 4 is 63.5 Å². The molecule has 1 unspecified atom stereocenters. The molecule has 0 spiro atoms. The van der Waals surface area contributed by atoms with E-state index >= 15 is 0 Å². The van der Waals surface area contributed by atoms with Gasteiger partial charge in [-0.05, 0) is 72.5 Å². The Labute approximate surface area is 304 Å². The number of methoxy groups -OCH3 is 2. The zero-order chi connectivity index (χ0) is 36.5. The molecule has 0 bridgehead atoms. The number of anilines is 2. The van der Waals surface area contributed by atoms with Gasteiger partial charge in [-0.15, -0.1) is 23.1 Å². The summed E-state index contributed by atoms with van der Waals surface area (Å²) in [7, 11) is 3.04. The maximum absolute atomic E-state index is 13.7. The molecule has 0 aliphatic carbocycles. The molecule has 0 fully saturated rings. The zero-order valence-corrected chi connectivity index (χ0v) is 30.2. The standard InChI is InChI=1S/C38H37N5O6S2/c1-5-33(37(47)42-38-29(21-39)28-16-17-43(23(2)44)22-34(28)51-38)50-27-13-9-12-26(20-27)40-36(46)30(41-35(45)25-10-7-6-8-11-25)18-24-14-15-31(48-3)32(19-24)49-4/h6-15,18-20,33H,5,16-17,22H2,1-4H3,(H,40,46)(H,41,45)(H,42,47)/b30-18+. The van der Waals surface area contributed by atoms with Gasteiger partial charge in [-0.25, -0.2) is 0 Å². The summed E-state index contributed by atoms with van der Waals surface area (Å²) >= 11 is 2.67. The highest BCUT2D eigenvalue weighted by Crippen LogP contribution is 2.38. The lowest BCUT2D eigenvalue weighted by Gasteiger charge is -2.25. The molecule has 5 rings (SSSR count). The Bertz CT molecular complexity index is 2020. The fourth-order valence-electron chi connectivity index (χ4n) is 5.45. The number of nitrogens with zero attached hydrogens (tertiary/aromatic N) is 2. The second-order valence-electron chi connectivity index (χ2n) is 11.5. The maximum Gasteiger partial charge on any atom is 0.272 e. The number of nitrogens with one attached hydrogen (secondary N) is 3. The molecule has 1 atom stereocenters. The van der Waals surface area contributed by atoms with Crippen LogP contribution in [-0.4, -0.2) is 54.5 Å². The Balaban J connectivity index is 1.32. The summed E-state index contributed by atoms with van der Waals surface area (Å²) in [5.41, 5.74) is 2.77. The second kappa shape index (κ2) is 16.9. The summed E-state index contributed by atoms with van der Waals surface area (Å²) in [4.78, 5) is 55.6. The second-order valence-corrected chi connectivity index (χ2v) is 13.9. The van der Waals surface area contributed by atoms with Crippen LogP contribution in [0.3, 0.4) is 0 Å². The fraction of sp³-hybridized carbons (Fsp3) is 0.237. The Kier molecular flexibility index (Phi) is 12.2. The average Bonchev–Trinajstić information content (AvgIpc) is 3.49. The van der Waals surface area contributed by atoms with Gasteiger partial charge in [-0.2, -0.15) is 5.26 Å². The molecular weight excluding hydrogens is 687 g/mol. The van der Waals surface area contributed by atoms with Gasteiger partial charge in [0.25, 0.3) is 11.8 Å². The molecule has 0 radical (unpaired) electrons. The highest BCUT2D eigenvalue weighted by Gasteiger charge is 2.28. The van der Waals surface area contributed by atoms with Crippen molar-refractivity contribution in [3.8, 4) is 17.6 Å². The number of fused-ring (bicyclic) bond motifs is 1. The van der Waals surface area contributed by atoms with Crippen LogP contribution in [0.5, 0.6) is 11.5 Å². The molecule has 1 aliphatic heterocycles. The van der Waals surface area contributed by atoms with E-state index in [4.69, 9.17) is 9.47 Å². The van der Waals surface area contributed by atoms with E-state index < -0.39 is 17.1 Å². The molecule has 1 aromatic heterocycles. The number of carbonyl (C=O) groups excluding carboxylic acids is 4. The molecule has 0 saturated carbocycles. The molecule has 1 aliphatic rings. The lowest BCUT2D eigenvalue weighted by Crippen LogP contribution is -2.33. The Hall–Kier alpha value is -5.58. The van der Waals surface area contributed by atoms with Crippen molar-refractivity contribution < 1.29 is 28.7 Å².